The Hall–Kier alpha value is -0.290. The number of likely N-dealkylation sites (N-methyl/N-ethyl adjacent to an activating group) is 1. The number of hydrogen-bond donors (Lipinski definition) is 1. The van der Waals surface area contributed by atoms with Crippen LogP contribution in [-0.4, -0.2) is 32.0 Å². The number of halogens is 3. The molecule has 1 saturated carbocycles. The zero-order valence-corrected chi connectivity index (χ0v) is 10.5. The Kier molecular flexibility index (Phi) is 5.73. The lowest BCUT2D eigenvalue weighted by Crippen LogP contribution is -2.44. The van der Waals surface area contributed by atoms with Crippen LogP contribution in [0.3, 0.4) is 0 Å². The van der Waals surface area contributed by atoms with Crippen molar-refractivity contribution in [1.82, 2.24) is 5.32 Å². The van der Waals surface area contributed by atoms with E-state index in [1.807, 2.05) is 7.05 Å². The van der Waals surface area contributed by atoms with Gasteiger partial charge in [0.25, 0.3) is 0 Å². The average Bonchev–Trinajstić information content (AvgIpc) is 2.27. The fourth-order valence-electron chi connectivity index (χ4n) is 2.42. The smallest absolute Gasteiger partial charge is 0.376 e. The Bertz CT molecular complexity index is 220. The van der Waals surface area contributed by atoms with Gasteiger partial charge in [0.2, 0.25) is 0 Å². The lowest BCUT2D eigenvalue weighted by Gasteiger charge is -2.35. The quantitative estimate of drug-likeness (QED) is 0.812. The van der Waals surface area contributed by atoms with Gasteiger partial charge in [0.05, 0.1) is 19.1 Å². The minimum Gasteiger partial charge on any atom is -0.376 e. The second kappa shape index (κ2) is 6.59. The fourth-order valence-corrected chi connectivity index (χ4v) is 2.42. The van der Waals surface area contributed by atoms with Gasteiger partial charge in [0.1, 0.15) is 0 Å². The normalized spacial score (nSPS) is 30.5. The van der Waals surface area contributed by atoms with Gasteiger partial charge in [-0.3, -0.25) is 0 Å². The van der Waals surface area contributed by atoms with Crippen LogP contribution in [0, 0.1) is 5.92 Å². The minimum atomic E-state index is -4.12. The maximum Gasteiger partial charge on any atom is 0.391 e. The largest absolute Gasteiger partial charge is 0.391 e. The molecule has 1 aliphatic carbocycles. The van der Waals surface area contributed by atoms with Gasteiger partial charge in [0, 0.05) is 6.04 Å². The van der Waals surface area contributed by atoms with Gasteiger partial charge in [0.15, 0.2) is 0 Å². The van der Waals surface area contributed by atoms with E-state index in [2.05, 4.69) is 12.2 Å². The van der Waals surface area contributed by atoms with Crippen molar-refractivity contribution in [2.24, 2.45) is 5.92 Å². The molecular formula is C12H22F3NO. The predicted octanol–water partition coefficient (Wildman–Crippen LogP) is 3.12. The highest BCUT2D eigenvalue weighted by atomic mass is 19.4. The van der Waals surface area contributed by atoms with E-state index >= 15 is 0 Å². The second-order valence-electron chi connectivity index (χ2n) is 4.76. The zero-order chi connectivity index (χ0) is 12.9. The van der Waals surface area contributed by atoms with Crippen LogP contribution in [0.15, 0.2) is 0 Å². The van der Waals surface area contributed by atoms with Crippen LogP contribution in [0.25, 0.3) is 0 Å². The van der Waals surface area contributed by atoms with E-state index in [0.29, 0.717) is 5.92 Å². The van der Waals surface area contributed by atoms with Gasteiger partial charge in [-0.2, -0.15) is 13.2 Å². The van der Waals surface area contributed by atoms with Gasteiger partial charge in [-0.1, -0.05) is 13.3 Å². The number of alkyl halides is 3. The Morgan fingerprint density at radius 3 is 2.53 bits per heavy atom. The van der Waals surface area contributed by atoms with E-state index in [-0.39, 0.29) is 18.8 Å². The van der Waals surface area contributed by atoms with Crippen molar-refractivity contribution in [1.29, 1.82) is 0 Å². The summed E-state index contributed by atoms with van der Waals surface area (Å²) in [4.78, 5) is 0. The summed E-state index contributed by atoms with van der Waals surface area (Å²) in [7, 11) is 1.84. The molecule has 0 aromatic rings. The van der Waals surface area contributed by atoms with Crippen LogP contribution in [0.1, 0.15) is 39.0 Å². The molecule has 1 N–H and O–H groups in total. The van der Waals surface area contributed by atoms with Crippen LogP contribution in [0.5, 0.6) is 0 Å². The third-order valence-electron chi connectivity index (χ3n) is 3.57. The molecule has 1 aliphatic rings. The molecule has 2 nitrogen and oxygen atoms in total. The van der Waals surface area contributed by atoms with Crippen molar-refractivity contribution in [3.8, 4) is 0 Å². The number of ether oxygens (including phenoxy) is 1. The molecule has 102 valence electrons. The molecule has 3 unspecified atom stereocenters. The third kappa shape index (κ3) is 5.25. The molecule has 0 aromatic carbocycles. The SMILES string of the molecule is CCC1CCC(NC)C(OCCC(F)(F)F)C1. The second-order valence-corrected chi connectivity index (χ2v) is 4.76. The molecule has 3 atom stereocenters. The zero-order valence-electron chi connectivity index (χ0n) is 10.5. The molecule has 5 heteroatoms. The lowest BCUT2D eigenvalue weighted by molar-refractivity contribution is -0.152. The molecule has 0 bridgehead atoms. The van der Waals surface area contributed by atoms with E-state index in [1.54, 1.807) is 0 Å². The average molecular weight is 253 g/mol. The Balaban J connectivity index is 2.36. The van der Waals surface area contributed by atoms with Crippen LogP contribution >= 0.6 is 0 Å². The monoisotopic (exact) mass is 253 g/mol. The molecular weight excluding hydrogens is 231 g/mol. The van der Waals surface area contributed by atoms with Gasteiger partial charge in [-0.25, -0.2) is 0 Å². The van der Waals surface area contributed by atoms with Crippen molar-refractivity contribution < 1.29 is 17.9 Å². The number of nitrogens with one attached hydrogen (secondary N) is 1. The highest BCUT2D eigenvalue weighted by Gasteiger charge is 2.31. The first kappa shape index (κ1) is 14.8. The third-order valence-corrected chi connectivity index (χ3v) is 3.57. The molecule has 0 aromatic heterocycles. The van der Waals surface area contributed by atoms with Crippen LogP contribution in [0.2, 0.25) is 0 Å². The molecule has 0 aliphatic heterocycles. The summed E-state index contributed by atoms with van der Waals surface area (Å²) in [5.74, 6) is 0.593. The fraction of sp³-hybridized carbons (Fsp3) is 1.00. The van der Waals surface area contributed by atoms with Crippen molar-refractivity contribution >= 4 is 0 Å². The summed E-state index contributed by atoms with van der Waals surface area (Å²) in [5.41, 5.74) is 0. The number of rotatable bonds is 5. The molecule has 0 radical (unpaired) electrons. The van der Waals surface area contributed by atoms with E-state index in [9.17, 15) is 13.2 Å². The van der Waals surface area contributed by atoms with Crippen LogP contribution in [-0.2, 0) is 4.74 Å². The molecule has 0 saturated heterocycles. The molecule has 1 rings (SSSR count). The van der Waals surface area contributed by atoms with E-state index in [4.69, 9.17) is 4.74 Å². The lowest BCUT2D eigenvalue weighted by atomic mass is 9.82. The van der Waals surface area contributed by atoms with Crippen LogP contribution < -0.4 is 5.32 Å². The van der Waals surface area contributed by atoms with Gasteiger partial charge in [-0.15, -0.1) is 0 Å². The van der Waals surface area contributed by atoms with Gasteiger partial charge < -0.3 is 10.1 Å². The summed E-state index contributed by atoms with van der Waals surface area (Å²) in [6.45, 7) is 1.90. The van der Waals surface area contributed by atoms with Gasteiger partial charge >= 0.3 is 6.18 Å². The highest BCUT2D eigenvalue weighted by molar-refractivity contribution is 4.84. The van der Waals surface area contributed by atoms with Crippen molar-refractivity contribution in [2.45, 2.75) is 57.3 Å². The topological polar surface area (TPSA) is 21.3 Å². The summed E-state index contributed by atoms with van der Waals surface area (Å²) < 4.78 is 41.5. The van der Waals surface area contributed by atoms with E-state index in [1.165, 1.54) is 0 Å². The first-order chi connectivity index (χ1) is 7.96. The Labute approximate surface area is 101 Å². The molecule has 0 amide bonds. The molecule has 0 heterocycles. The van der Waals surface area contributed by atoms with Crippen molar-refractivity contribution in [2.75, 3.05) is 13.7 Å². The van der Waals surface area contributed by atoms with Gasteiger partial charge in [-0.05, 0) is 32.2 Å². The molecule has 1 fully saturated rings. The van der Waals surface area contributed by atoms with Crippen molar-refractivity contribution in [3.05, 3.63) is 0 Å². The summed E-state index contributed by atoms with van der Waals surface area (Å²) in [5, 5.41) is 3.14. The van der Waals surface area contributed by atoms with E-state index in [0.717, 1.165) is 25.7 Å². The summed E-state index contributed by atoms with van der Waals surface area (Å²) in [6.07, 6.45) is -0.950. The Morgan fingerprint density at radius 2 is 2.00 bits per heavy atom. The predicted molar refractivity (Wildman–Crippen MR) is 60.9 cm³/mol. The molecule has 0 spiro atoms. The first-order valence-electron chi connectivity index (χ1n) is 6.32. The summed E-state index contributed by atoms with van der Waals surface area (Å²) >= 11 is 0. The number of hydrogen-bond acceptors (Lipinski definition) is 2. The minimum absolute atomic E-state index is 0.0685. The molecule has 17 heavy (non-hydrogen) atoms. The highest BCUT2D eigenvalue weighted by Crippen LogP contribution is 2.29. The maximum atomic E-state index is 12.0. The Morgan fingerprint density at radius 1 is 1.29 bits per heavy atom. The summed E-state index contributed by atoms with van der Waals surface area (Å²) in [6, 6.07) is 0.200. The maximum absolute atomic E-state index is 12.0. The standard InChI is InChI=1S/C12H22F3NO/c1-3-9-4-5-10(16-2)11(8-9)17-7-6-12(13,14)15/h9-11,16H,3-8H2,1-2H3. The first-order valence-corrected chi connectivity index (χ1v) is 6.32. The van der Waals surface area contributed by atoms with Crippen LogP contribution in [0.4, 0.5) is 13.2 Å². The van der Waals surface area contributed by atoms with E-state index < -0.39 is 12.6 Å². The van der Waals surface area contributed by atoms with Crippen molar-refractivity contribution in [3.63, 3.8) is 0 Å².